The first-order valence-corrected chi connectivity index (χ1v) is 4.89. The summed E-state index contributed by atoms with van der Waals surface area (Å²) in [5, 5.41) is 11.4. The molecule has 0 aromatic heterocycles. The molecule has 0 saturated heterocycles. The summed E-state index contributed by atoms with van der Waals surface area (Å²) >= 11 is 0. The number of nitrogens with one attached hydrogen (secondary N) is 1. The number of aliphatic hydroxyl groups is 1. The number of amides is 1. The predicted octanol–water partition coefficient (Wildman–Crippen LogP) is 1.74. The van der Waals surface area contributed by atoms with Crippen LogP contribution in [0.5, 0.6) is 0 Å². The maximum atomic E-state index is 11.0. The van der Waals surface area contributed by atoms with Gasteiger partial charge in [0.2, 0.25) is 5.91 Å². The first-order valence-electron chi connectivity index (χ1n) is 4.89. The minimum absolute atomic E-state index is 0.184. The smallest absolute Gasteiger partial charge is 0.247 e. The Kier molecular flexibility index (Phi) is 4.57. The first kappa shape index (κ1) is 11.5. The fraction of sp³-hybridized carbons (Fsp3) is 0.250. The Labute approximate surface area is 89.4 Å². The summed E-state index contributed by atoms with van der Waals surface area (Å²) in [6, 6.07) is 7.57. The molecular weight excluding hydrogens is 190 g/mol. The lowest BCUT2D eigenvalue weighted by Gasteiger charge is -2.04. The van der Waals surface area contributed by atoms with Crippen LogP contribution in [0.15, 0.2) is 36.9 Å². The molecular formula is C12H15NO2. The van der Waals surface area contributed by atoms with Crippen molar-refractivity contribution in [3.8, 4) is 0 Å². The highest BCUT2D eigenvalue weighted by Crippen LogP contribution is 2.12. The Morgan fingerprint density at radius 3 is 3.00 bits per heavy atom. The van der Waals surface area contributed by atoms with Crippen LogP contribution >= 0.6 is 0 Å². The van der Waals surface area contributed by atoms with E-state index in [9.17, 15) is 4.79 Å². The van der Waals surface area contributed by atoms with Crippen molar-refractivity contribution in [2.24, 2.45) is 0 Å². The second-order valence-corrected chi connectivity index (χ2v) is 3.22. The van der Waals surface area contributed by atoms with Gasteiger partial charge >= 0.3 is 0 Å². The Hall–Kier alpha value is -1.61. The molecule has 0 fully saturated rings. The Morgan fingerprint density at radius 2 is 2.33 bits per heavy atom. The highest BCUT2D eigenvalue weighted by Gasteiger charge is 1.98. The lowest BCUT2D eigenvalue weighted by molar-refractivity contribution is -0.111. The van der Waals surface area contributed by atoms with Crippen LogP contribution in [-0.2, 0) is 11.2 Å². The van der Waals surface area contributed by atoms with Gasteiger partial charge in [0.1, 0.15) is 0 Å². The third-order valence-corrected chi connectivity index (χ3v) is 2.00. The van der Waals surface area contributed by atoms with Crippen LogP contribution in [0.1, 0.15) is 12.0 Å². The SMILES string of the molecule is C=CC(=O)Nc1cccc(CCCO)c1. The number of aliphatic hydroxyl groups excluding tert-OH is 1. The van der Waals surface area contributed by atoms with Crippen LogP contribution < -0.4 is 5.32 Å². The average molecular weight is 205 g/mol. The van der Waals surface area contributed by atoms with Crippen molar-refractivity contribution in [1.82, 2.24) is 0 Å². The number of hydrogen-bond donors (Lipinski definition) is 2. The van der Waals surface area contributed by atoms with E-state index < -0.39 is 0 Å². The van der Waals surface area contributed by atoms with E-state index in [4.69, 9.17) is 5.11 Å². The van der Waals surface area contributed by atoms with Gasteiger partial charge in [-0.1, -0.05) is 18.7 Å². The van der Waals surface area contributed by atoms with Crippen molar-refractivity contribution < 1.29 is 9.90 Å². The minimum atomic E-state index is -0.214. The van der Waals surface area contributed by atoms with Crippen molar-refractivity contribution >= 4 is 11.6 Å². The second kappa shape index (κ2) is 5.98. The largest absolute Gasteiger partial charge is 0.396 e. The van der Waals surface area contributed by atoms with Gasteiger partial charge in [0, 0.05) is 12.3 Å². The summed E-state index contributed by atoms with van der Waals surface area (Å²) in [6.45, 7) is 3.57. The topological polar surface area (TPSA) is 49.3 Å². The van der Waals surface area contributed by atoms with E-state index in [1.165, 1.54) is 6.08 Å². The summed E-state index contributed by atoms with van der Waals surface area (Å²) in [7, 11) is 0. The van der Waals surface area contributed by atoms with Crippen LogP contribution in [0, 0.1) is 0 Å². The molecule has 0 unspecified atom stereocenters. The van der Waals surface area contributed by atoms with Gasteiger partial charge in [-0.15, -0.1) is 0 Å². The summed E-state index contributed by atoms with van der Waals surface area (Å²) in [4.78, 5) is 11.0. The standard InChI is InChI=1S/C12H15NO2/c1-2-12(15)13-11-7-3-5-10(9-11)6-4-8-14/h2-3,5,7,9,14H,1,4,6,8H2,(H,13,15). The molecule has 0 aliphatic carbocycles. The van der Waals surface area contributed by atoms with Gasteiger partial charge < -0.3 is 10.4 Å². The molecule has 3 nitrogen and oxygen atoms in total. The van der Waals surface area contributed by atoms with Crippen LogP contribution in [0.4, 0.5) is 5.69 Å². The number of hydrogen-bond acceptors (Lipinski definition) is 2. The molecule has 0 aliphatic heterocycles. The summed E-state index contributed by atoms with van der Waals surface area (Å²) < 4.78 is 0. The molecule has 1 amide bonds. The molecule has 0 bridgehead atoms. The molecule has 1 aromatic rings. The van der Waals surface area contributed by atoms with Gasteiger partial charge in [-0.05, 0) is 36.6 Å². The fourth-order valence-electron chi connectivity index (χ4n) is 1.28. The van der Waals surface area contributed by atoms with E-state index in [2.05, 4.69) is 11.9 Å². The van der Waals surface area contributed by atoms with Gasteiger partial charge in [-0.2, -0.15) is 0 Å². The average Bonchev–Trinajstić information content (AvgIpc) is 2.26. The first-order chi connectivity index (χ1) is 7.26. The number of carbonyl (C=O) groups is 1. The summed E-state index contributed by atoms with van der Waals surface area (Å²) in [5.74, 6) is -0.214. The fourth-order valence-corrected chi connectivity index (χ4v) is 1.28. The number of aryl methyl sites for hydroxylation is 1. The molecule has 0 radical (unpaired) electrons. The molecule has 0 saturated carbocycles. The van der Waals surface area contributed by atoms with Crippen LogP contribution in [0.25, 0.3) is 0 Å². The lowest BCUT2D eigenvalue weighted by Crippen LogP contribution is -2.07. The minimum Gasteiger partial charge on any atom is -0.396 e. The van der Waals surface area contributed by atoms with E-state index in [-0.39, 0.29) is 12.5 Å². The molecule has 3 heteroatoms. The summed E-state index contributed by atoms with van der Waals surface area (Å²) in [6.07, 6.45) is 2.79. The van der Waals surface area contributed by atoms with Crippen LogP contribution in [0.2, 0.25) is 0 Å². The maximum absolute atomic E-state index is 11.0. The number of anilines is 1. The Balaban J connectivity index is 2.65. The highest BCUT2D eigenvalue weighted by molar-refractivity contribution is 5.98. The third kappa shape index (κ3) is 3.95. The van der Waals surface area contributed by atoms with Crippen molar-refractivity contribution in [2.75, 3.05) is 11.9 Å². The Bertz CT molecular complexity index is 347. The molecule has 2 N–H and O–H groups in total. The van der Waals surface area contributed by atoms with Gasteiger partial charge in [-0.25, -0.2) is 0 Å². The van der Waals surface area contributed by atoms with Gasteiger partial charge in [0.05, 0.1) is 0 Å². The van der Waals surface area contributed by atoms with Crippen molar-refractivity contribution in [2.45, 2.75) is 12.8 Å². The molecule has 0 aliphatic rings. The molecule has 0 spiro atoms. The number of rotatable bonds is 5. The lowest BCUT2D eigenvalue weighted by atomic mass is 10.1. The maximum Gasteiger partial charge on any atom is 0.247 e. The quantitative estimate of drug-likeness (QED) is 0.719. The van der Waals surface area contributed by atoms with Crippen LogP contribution in [-0.4, -0.2) is 17.6 Å². The molecule has 0 heterocycles. The van der Waals surface area contributed by atoms with Crippen molar-refractivity contribution in [3.63, 3.8) is 0 Å². The summed E-state index contributed by atoms with van der Waals surface area (Å²) in [5.41, 5.74) is 1.86. The highest BCUT2D eigenvalue weighted by atomic mass is 16.2. The normalized spacial score (nSPS) is 9.67. The van der Waals surface area contributed by atoms with Crippen LogP contribution in [0.3, 0.4) is 0 Å². The third-order valence-electron chi connectivity index (χ3n) is 2.00. The van der Waals surface area contributed by atoms with E-state index in [1.807, 2.05) is 24.3 Å². The van der Waals surface area contributed by atoms with Gasteiger partial charge in [0.25, 0.3) is 0 Å². The molecule has 1 aromatic carbocycles. The zero-order chi connectivity index (χ0) is 11.1. The zero-order valence-electron chi connectivity index (χ0n) is 8.57. The molecule has 15 heavy (non-hydrogen) atoms. The number of carbonyl (C=O) groups excluding carboxylic acids is 1. The van der Waals surface area contributed by atoms with Gasteiger partial charge in [-0.3, -0.25) is 4.79 Å². The monoisotopic (exact) mass is 205 g/mol. The van der Waals surface area contributed by atoms with Crippen molar-refractivity contribution in [1.29, 1.82) is 0 Å². The second-order valence-electron chi connectivity index (χ2n) is 3.22. The van der Waals surface area contributed by atoms with Gasteiger partial charge in [0.15, 0.2) is 0 Å². The molecule has 0 atom stereocenters. The van der Waals surface area contributed by atoms with E-state index in [0.717, 1.165) is 24.1 Å². The predicted molar refractivity (Wildman–Crippen MR) is 60.7 cm³/mol. The molecule has 1 rings (SSSR count). The Morgan fingerprint density at radius 1 is 1.53 bits per heavy atom. The van der Waals surface area contributed by atoms with Crippen molar-refractivity contribution in [3.05, 3.63) is 42.5 Å². The van der Waals surface area contributed by atoms with E-state index in [0.29, 0.717) is 0 Å². The molecule has 80 valence electrons. The number of benzene rings is 1. The van der Waals surface area contributed by atoms with E-state index in [1.54, 1.807) is 0 Å². The zero-order valence-corrected chi connectivity index (χ0v) is 8.57. The van der Waals surface area contributed by atoms with E-state index >= 15 is 0 Å².